The number of rotatable bonds is 5. The van der Waals surface area contributed by atoms with Gasteiger partial charge in [-0.25, -0.2) is 0 Å². The Labute approximate surface area is 129 Å². The third-order valence-corrected chi connectivity index (χ3v) is 4.30. The van der Waals surface area contributed by atoms with E-state index in [4.69, 9.17) is 0 Å². The largest absolute Gasteiger partial charge is 0.313 e. The van der Waals surface area contributed by atoms with Gasteiger partial charge >= 0.3 is 0 Å². The molecule has 1 N–H and O–H groups in total. The van der Waals surface area contributed by atoms with Crippen LogP contribution in [0, 0.1) is 13.8 Å². The molecule has 0 saturated heterocycles. The van der Waals surface area contributed by atoms with Gasteiger partial charge in [-0.1, -0.05) is 33.6 Å². The van der Waals surface area contributed by atoms with Crippen LogP contribution < -0.4 is 5.32 Å². The van der Waals surface area contributed by atoms with Crippen LogP contribution in [-0.4, -0.2) is 16.8 Å². The van der Waals surface area contributed by atoms with Crippen molar-refractivity contribution in [3.05, 3.63) is 51.3 Å². The van der Waals surface area contributed by atoms with Crippen LogP contribution >= 0.6 is 15.9 Å². The molecule has 0 radical (unpaired) electrons. The van der Waals surface area contributed by atoms with Gasteiger partial charge in [-0.2, -0.15) is 5.10 Å². The number of hydrogen-bond acceptors (Lipinski definition) is 2. The molecule has 2 aromatic rings. The Kier molecular flexibility index (Phi) is 5.00. The van der Waals surface area contributed by atoms with E-state index in [0.717, 1.165) is 23.1 Å². The summed E-state index contributed by atoms with van der Waals surface area (Å²) in [6.45, 7) is 7.22. The number of aryl methyl sites for hydroxylation is 3. The first kappa shape index (κ1) is 15.3. The molecule has 0 saturated carbocycles. The monoisotopic (exact) mass is 335 g/mol. The van der Waals surface area contributed by atoms with Crippen LogP contribution in [0.25, 0.3) is 0 Å². The molecule has 0 amide bonds. The van der Waals surface area contributed by atoms with Gasteiger partial charge in [0, 0.05) is 29.2 Å². The van der Waals surface area contributed by atoms with Gasteiger partial charge in [-0.05, 0) is 45.5 Å². The lowest BCUT2D eigenvalue weighted by Gasteiger charge is -2.19. The molecule has 3 nitrogen and oxygen atoms in total. The zero-order valence-corrected chi connectivity index (χ0v) is 14.2. The van der Waals surface area contributed by atoms with Crippen LogP contribution in [0.1, 0.15) is 35.5 Å². The van der Waals surface area contributed by atoms with Crippen LogP contribution in [0.3, 0.4) is 0 Å². The Morgan fingerprint density at radius 2 is 2.05 bits per heavy atom. The molecule has 2 rings (SSSR count). The van der Waals surface area contributed by atoms with E-state index in [-0.39, 0.29) is 6.04 Å². The third kappa shape index (κ3) is 3.30. The molecule has 20 heavy (non-hydrogen) atoms. The average Bonchev–Trinajstić information content (AvgIpc) is 2.79. The number of hydrogen-bond donors (Lipinski definition) is 1. The molecule has 1 heterocycles. The van der Waals surface area contributed by atoms with E-state index in [9.17, 15) is 0 Å². The minimum atomic E-state index is 0.283. The number of benzene rings is 1. The maximum atomic E-state index is 4.53. The van der Waals surface area contributed by atoms with Gasteiger partial charge < -0.3 is 5.32 Å². The van der Waals surface area contributed by atoms with Gasteiger partial charge in [0.25, 0.3) is 0 Å². The summed E-state index contributed by atoms with van der Waals surface area (Å²) >= 11 is 3.66. The van der Waals surface area contributed by atoms with Crippen LogP contribution in [0.15, 0.2) is 28.7 Å². The highest BCUT2D eigenvalue weighted by atomic mass is 79.9. The van der Waals surface area contributed by atoms with E-state index < -0.39 is 0 Å². The van der Waals surface area contributed by atoms with Gasteiger partial charge in [0.15, 0.2) is 0 Å². The van der Waals surface area contributed by atoms with E-state index >= 15 is 0 Å². The molecule has 0 spiro atoms. The molecule has 108 valence electrons. The van der Waals surface area contributed by atoms with Gasteiger partial charge in [-0.3, -0.25) is 4.68 Å². The normalized spacial score (nSPS) is 12.7. The lowest BCUT2D eigenvalue weighted by Crippen LogP contribution is -2.21. The molecule has 1 aromatic carbocycles. The Morgan fingerprint density at radius 3 is 2.70 bits per heavy atom. The third-order valence-electron chi connectivity index (χ3n) is 3.57. The summed E-state index contributed by atoms with van der Waals surface area (Å²) in [5.41, 5.74) is 4.94. The minimum Gasteiger partial charge on any atom is -0.313 e. The second-order valence-corrected chi connectivity index (χ2v) is 6.02. The van der Waals surface area contributed by atoms with Crippen molar-refractivity contribution in [2.24, 2.45) is 0 Å². The van der Waals surface area contributed by atoms with Gasteiger partial charge in [0.05, 0.1) is 5.69 Å². The summed E-state index contributed by atoms with van der Waals surface area (Å²) in [6, 6.07) is 8.95. The number of aromatic nitrogens is 2. The van der Waals surface area contributed by atoms with E-state index in [1.54, 1.807) is 0 Å². The van der Waals surface area contributed by atoms with Crippen LogP contribution in [0.4, 0.5) is 0 Å². The van der Waals surface area contributed by atoms with Crippen LogP contribution in [-0.2, 0) is 13.0 Å². The molecule has 0 aliphatic heterocycles. The molecule has 0 fully saturated rings. The summed E-state index contributed by atoms with van der Waals surface area (Å²) in [7, 11) is 2.01. The molecule has 0 aliphatic rings. The highest BCUT2D eigenvalue weighted by molar-refractivity contribution is 9.10. The molecule has 0 aliphatic carbocycles. The van der Waals surface area contributed by atoms with Crippen molar-refractivity contribution in [3.8, 4) is 0 Å². The van der Waals surface area contributed by atoms with Crippen molar-refractivity contribution in [1.82, 2.24) is 15.1 Å². The Morgan fingerprint density at radius 1 is 1.30 bits per heavy atom. The molecule has 0 bridgehead atoms. The van der Waals surface area contributed by atoms with Gasteiger partial charge in [0.2, 0.25) is 0 Å². The van der Waals surface area contributed by atoms with E-state index in [1.807, 2.05) is 14.0 Å². The van der Waals surface area contributed by atoms with Crippen molar-refractivity contribution >= 4 is 15.9 Å². The summed E-state index contributed by atoms with van der Waals surface area (Å²) in [5.74, 6) is 0. The summed E-state index contributed by atoms with van der Waals surface area (Å²) < 4.78 is 3.24. The Bertz CT molecular complexity index is 589. The maximum Gasteiger partial charge on any atom is 0.0596 e. The maximum absolute atomic E-state index is 4.53. The fourth-order valence-corrected chi connectivity index (χ4v) is 3.07. The fourth-order valence-electron chi connectivity index (χ4n) is 2.54. The average molecular weight is 336 g/mol. The van der Waals surface area contributed by atoms with Crippen molar-refractivity contribution in [2.75, 3.05) is 7.05 Å². The quantitative estimate of drug-likeness (QED) is 0.900. The predicted octanol–water partition coefficient (Wildman–Crippen LogP) is 3.79. The Hall–Kier alpha value is -1.13. The predicted molar refractivity (Wildman–Crippen MR) is 87.0 cm³/mol. The topological polar surface area (TPSA) is 29.9 Å². The first-order valence-corrected chi connectivity index (χ1v) is 7.81. The Balaban J connectivity index is 2.30. The van der Waals surface area contributed by atoms with E-state index in [1.165, 1.54) is 16.8 Å². The number of nitrogens with one attached hydrogen (secondary N) is 1. The zero-order chi connectivity index (χ0) is 14.7. The first-order chi connectivity index (χ1) is 9.55. The highest BCUT2D eigenvalue weighted by Gasteiger charge is 2.16. The van der Waals surface area contributed by atoms with E-state index in [2.05, 4.69) is 69.1 Å². The van der Waals surface area contributed by atoms with Gasteiger partial charge in [-0.15, -0.1) is 0 Å². The molecule has 4 heteroatoms. The highest BCUT2D eigenvalue weighted by Crippen LogP contribution is 2.27. The fraction of sp³-hybridized carbons (Fsp3) is 0.438. The van der Waals surface area contributed by atoms with Crippen molar-refractivity contribution in [2.45, 2.75) is 39.8 Å². The zero-order valence-electron chi connectivity index (χ0n) is 12.6. The lowest BCUT2D eigenvalue weighted by atomic mass is 10.00. The molecule has 1 unspecified atom stereocenters. The summed E-state index contributed by atoms with van der Waals surface area (Å²) in [4.78, 5) is 0. The molecular weight excluding hydrogens is 314 g/mol. The number of nitrogens with zero attached hydrogens (tertiary/aromatic N) is 2. The van der Waals surface area contributed by atoms with Crippen molar-refractivity contribution in [3.63, 3.8) is 0 Å². The second kappa shape index (κ2) is 6.55. The summed E-state index contributed by atoms with van der Waals surface area (Å²) in [6.07, 6.45) is 0.938. The number of halogens is 1. The SMILES string of the molecule is CCn1nc(C)cc1CC(NC)c1cc(C)ccc1Br. The summed E-state index contributed by atoms with van der Waals surface area (Å²) in [5, 5.41) is 7.95. The lowest BCUT2D eigenvalue weighted by molar-refractivity contribution is 0.539. The molecule has 1 aromatic heterocycles. The molecule has 1 atom stereocenters. The smallest absolute Gasteiger partial charge is 0.0596 e. The minimum absolute atomic E-state index is 0.283. The standard InChI is InChI=1S/C16H22BrN3/c1-5-20-13(9-12(3)19-20)10-16(18-4)14-8-11(2)6-7-15(14)17/h6-9,16,18H,5,10H2,1-4H3. The van der Waals surface area contributed by atoms with Crippen molar-refractivity contribution in [1.29, 1.82) is 0 Å². The van der Waals surface area contributed by atoms with Crippen molar-refractivity contribution < 1.29 is 0 Å². The molecular formula is C16H22BrN3. The first-order valence-electron chi connectivity index (χ1n) is 7.01. The number of likely N-dealkylation sites (N-methyl/N-ethyl adjacent to an activating group) is 1. The second-order valence-electron chi connectivity index (χ2n) is 5.16. The van der Waals surface area contributed by atoms with Crippen LogP contribution in [0.5, 0.6) is 0 Å². The van der Waals surface area contributed by atoms with E-state index in [0.29, 0.717) is 0 Å². The van der Waals surface area contributed by atoms with Gasteiger partial charge in [0.1, 0.15) is 0 Å². The van der Waals surface area contributed by atoms with Crippen LogP contribution in [0.2, 0.25) is 0 Å².